The van der Waals surface area contributed by atoms with Crippen LogP contribution in [0, 0.1) is 5.82 Å². The Kier molecular flexibility index (Phi) is 6.21. The van der Waals surface area contributed by atoms with Crippen molar-refractivity contribution in [2.45, 2.75) is 26.3 Å². The monoisotopic (exact) mass is 377 g/mol. The van der Waals surface area contributed by atoms with Gasteiger partial charge < -0.3 is 16.0 Å². The third kappa shape index (κ3) is 6.04. The summed E-state index contributed by atoms with van der Waals surface area (Å²) in [6, 6.07) is 10.8. The van der Waals surface area contributed by atoms with Crippen LogP contribution in [0.25, 0.3) is 0 Å². The van der Waals surface area contributed by atoms with Gasteiger partial charge in [0.2, 0.25) is 5.91 Å². The van der Waals surface area contributed by atoms with Gasteiger partial charge in [0.25, 0.3) is 5.91 Å². The maximum atomic E-state index is 13.1. The van der Waals surface area contributed by atoms with E-state index >= 15 is 0 Å². The van der Waals surface area contributed by atoms with E-state index in [1.807, 2.05) is 20.8 Å². The first-order chi connectivity index (χ1) is 12.1. The Bertz CT molecular complexity index is 819. The molecule has 0 atom stereocenters. The maximum Gasteiger partial charge on any atom is 0.251 e. The molecule has 0 aromatic heterocycles. The topological polar surface area (TPSA) is 70.2 Å². The summed E-state index contributed by atoms with van der Waals surface area (Å²) >= 11 is 5.70. The average Bonchev–Trinajstić information content (AvgIpc) is 2.54. The van der Waals surface area contributed by atoms with E-state index in [1.54, 1.807) is 24.3 Å². The molecule has 0 saturated carbocycles. The van der Waals surface area contributed by atoms with Crippen LogP contribution in [0.2, 0.25) is 5.02 Å². The lowest BCUT2D eigenvalue weighted by molar-refractivity contribution is -0.114. The van der Waals surface area contributed by atoms with Crippen LogP contribution in [-0.2, 0) is 4.79 Å². The fourth-order valence-electron chi connectivity index (χ4n) is 2.14. The minimum atomic E-state index is -0.521. The fourth-order valence-corrected chi connectivity index (χ4v) is 2.33. The number of halogens is 2. The molecule has 2 aromatic carbocycles. The largest absolute Gasteiger partial charge is 0.376 e. The second-order valence-corrected chi connectivity index (χ2v) is 7.22. The Balaban J connectivity index is 1.95. The minimum absolute atomic E-state index is 0.0204. The van der Waals surface area contributed by atoms with E-state index in [1.165, 1.54) is 18.2 Å². The van der Waals surface area contributed by atoms with E-state index in [9.17, 15) is 14.0 Å². The van der Waals surface area contributed by atoms with E-state index in [-0.39, 0.29) is 28.9 Å². The molecule has 0 aliphatic carbocycles. The Morgan fingerprint density at radius 3 is 2.46 bits per heavy atom. The molecular formula is C19H21ClFN3O2. The van der Waals surface area contributed by atoms with Crippen molar-refractivity contribution in [3.05, 3.63) is 58.9 Å². The van der Waals surface area contributed by atoms with Gasteiger partial charge in [0.1, 0.15) is 5.82 Å². The smallest absolute Gasteiger partial charge is 0.251 e. The summed E-state index contributed by atoms with van der Waals surface area (Å²) in [5.41, 5.74) is 1.15. The summed E-state index contributed by atoms with van der Waals surface area (Å²) in [5.74, 6) is -1.04. The van der Waals surface area contributed by atoms with Gasteiger partial charge in [-0.2, -0.15) is 0 Å². The molecule has 26 heavy (non-hydrogen) atoms. The summed E-state index contributed by atoms with van der Waals surface area (Å²) in [6.07, 6.45) is 0. The molecule has 0 heterocycles. The summed E-state index contributed by atoms with van der Waals surface area (Å²) in [6.45, 7) is 5.65. The molecule has 2 rings (SSSR count). The van der Waals surface area contributed by atoms with Crippen molar-refractivity contribution in [2.24, 2.45) is 0 Å². The highest BCUT2D eigenvalue weighted by atomic mass is 35.5. The standard InChI is InChI=1S/C19H21ClFN3O2/c1-19(2,3)24-18(26)12-5-4-6-14(9-12)23-17(25)11-22-13-7-8-16(21)15(20)10-13/h4-10,22H,11H2,1-3H3,(H,23,25)(H,24,26). The first kappa shape index (κ1) is 19.7. The zero-order valence-corrected chi connectivity index (χ0v) is 15.6. The van der Waals surface area contributed by atoms with Gasteiger partial charge in [-0.25, -0.2) is 4.39 Å². The number of carbonyl (C=O) groups is 2. The molecule has 5 nitrogen and oxygen atoms in total. The molecule has 138 valence electrons. The van der Waals surface area contributed by atoms with Gasteiger partial charge >= 0.3 is 0 Å². The predicted octanol–water partition coefficient (Wildman–Crippen LogP) is 4.06. The van der Waals surface area contributed by atoms with Gasteiger partial charge in [-0.05, 0) is 57.2 Å². The second kappa shape index (κ2) is 8.19. The number of hydrogen-bond donors (Lipinski definition) is 3. The predicted molar refractivity (Wildman–Crippen MR) is 102 cm³/mol. The molecule has 0 aliphatic heterocycles. The number of amides is 2. The van der Waals surface area contributed by atoms with Gasteiger partial charge in [0, 0.05) is 22.5 Å². The Hall–Kier alpha value is -2.60. The molecule has 7 heteroatoms. The van der Waals surface area contributed by atoms with Crippen LogP contribution in [0.1, 0.15) is 31.1 Å². The molecule has 0 saturated heterocycles. The number of rotatable bonds is 5. The number of nitrogens with one attached hydrogen (secondary N) is 3. The van der Waals surface area contributed by atoms with Gasteiger partial charge in [0.05, 0.1) is 11.6 Å². The lowest BCUT2D eigenvalue weighted by Gasteiger charge is -2.20. The van der Waals surface area contributed by atoms with Crippen molar-refractivity contribution in [1.82, 2.24) is 5.32 Å². The van der Waals surface area contributed by atoms with Gasteiger partial charge in [0.15, 0.2) is 0 Å². The Morgan fingerprint density at radius 1 is 1.08 bits per heavy atom. The first-order valence-corrected chi connectivity index (χ1v) is 8.43. The Morgan fingerprint density at radius 2 is 1.81 bits per heavy atom. The quantitative estimate of drug-likeness (QED) is 0.736. The zero-order valence-electron chi connectivity index (χ0n) is 14.8. The highest BCUT2D eigenvalue weighted by Crippen LogP contribution is 2.19. The van der Waals surface area contributed by atoms with Crippen LogP contribution in [0.15, 0.2) is 42.5 Å². The molecule has 2 amide bonds. The molecular weight excluding hydrogens is 357 g/mol. The lowest BCUT2D eigenvalue weighted by Crippen LogP contribution is -2.40. The van der Waals surface area contributed by atoms with Gasteiger partial charge in [-0.15, -0.1) is 0 Å². The highest BCUT2D eigenvalue weighted by Gasteiger charge is 2.15. The Labute approximate surface area is 156 Å². The normalized spacial score (nSPS) is 11.0. The van der Waals surface area contributed by atoms with E-state index in [0.717, 1.165) is 0 Å². The third-order valence-corrected chi connectivity index (χ3v) is 3.56. The summed E-state index contributed by atoms with van der Waals surface area (Å²) in [4.78, 5) is 24.3. The molecule has 0 fully saturated rings. The van der Waals surface area contributed by atoms with Crippen molar-refractivity contribution in [1.29, 1.82) is 0 Å². The molecule has 0 radical (unpaired) electrons. The van der Waals surface area contributed by atoms with Gasteiger partial charge in [-0.1, -0.05) is 17.7 Å². The van der Waals surface area contributed by atoms with Crippen LogP contribution >= 0.6 is 11.6 Å². The molecule has 0 spiro atoms. The van der Waals surface area contributed by atoms with E-state index in [0.29, 0.717) is 16.9 Å². The number of benzene rings is 2. The van der Waals surface area contributed by atoms with Gasteiger partial charge in [-0.3, -0.25) is 9.59 Å². The summed E-state index contributed by atoms with van der Waals surface area (Å²) in [7, 11) is 0. The van der Waals surface area contributed by atoms with Crippen LogP contribution < -0.4 is 16.0 Å². The minimum Gasteiger partial charge on any atom is -0.376 e. The molecule has 0 bridgehead atoms. The van der Waals surface area contributed by atoms with E-state index in [2.05, 4.69) is 16.0 Å². The average molecular weight is 378 g/mol. The SMILES string of the molecule is CC(C)(C)NC(=O)c1cccc(NC(=O)CNc2ccc(F)c(Cl)c2)c1. The number of hydrogen-bond acceptors (Lipinski definition) is 3. The summed E-state index contributed by atoms with van der Waals surface area (Å²) in [5, 5.41) is 8.41. The van der Waals surface area contributed by atoms with E-state index < -0.39 is 5.82 Å². The lowest BCUT2D eigenvalue weighted by atomic mass is 10.1. The molecule has 3 N–H and O–H groups in total. The van der Waals surface area contributed by atoms with Crippen LogP contribution in [-0.4, -0.2) is 23.9 Å². The summed E-state index contributed by atoms with van der Waals surface area (Å²) < 4.78 is 13.1. The van der Waals surface area contributed by atoms with Crippen molar-refractivity contribution < 1.29 is 14.0 Å². The van der Waals surface area contributed by atoms with Crippen molar-refractivity contribution in [2.75, 3.05) is 17.2 Å². The van der Waals surface area contributed by atoms with Crippen LogP contribution in [0.5, 0.6) is 0 Å². The molecule has 0 unspecified atom stereocenters. The molecule has 0 aliphatic rings. The zero-order chi connectivity index (χ0) is 19.3. The van der Waals surface area contributed by atoms with Crippen molar-refractivity contribution in [3.8, 4) is 0 Å². The fraction of sp³-hybridized carbons (Fsp3) is 0.263. The second-order valence-electron chi connectivity index (χ2n) is 6.82. The van der Waals surface area contributed by atoms with Crippen LogP contribution in [0.3, 0.4) is 0 Å². The first-order valence-electron chi connectivity index (χ1n) is 8.05. The number of carbonyl (C=O) groups excluding carboxylic acids is 2. The highest BCUT2D eigenvalue weighted by molar-refractivity contribution is 6.31. The maximum absolute atomic E-state index is 13.1. The molecule has 2 aromatic rings. The number of anilines is 2. The van der Waals surface area contributed by atoms with Crippen LogP contribution in [0.4, 0.5) is 15.8 Å². The van der Waals surface area contributed by atoms with E-state index in [4.69, 9.17) is 11.6 Å². The third-order valence-electron chi connectivity index (χ3n) is 3.27. The van der Waals surface area contributed by atoms with Crippen molar-refractivity contribution >= 4 is 34.8 Å². The van der Waals surface area contributed by atoms with Crippen molar-refractivity contribution in [3.63, 3.8) is 0 Å².